The van der Waals surface area contributed by atoms with Crippen LogP contribution >= 0.6 is 0 Å². The van der Waals surface area contributed by atoms with Crippen LogP contribution in [-0.4, -0.2) is 29.2 Å². The molecule has 2 unspecified atom stereocenters. The average Bonchev–Trinajstić information content (AvgIpc) is 2.71. The van der Waals surface area contributed by atoms with E-state index >= 15 is 0 Å². The maximum atomic E-state index is 11.8. The van der Waals surface area contributed by atoms with E-state index in [0.29, 0.717) is 0 Å². The molecule has 15 heavy (non-hydrogen) atoms. The van der Waals surface area contributed by atoms with Crippen molar-refractivity contribution in [3.05, 3.63) is 0 Å². The van der Waals surface area contributed by atoms with Gasteiger partial charge < -0.3 is 5.73 Å². The number of hydrogen-bond acceptors (Lipinski definition) is 3. The smallest absolute Gasteiger partial charge is 0.233 e. The molecule has 2 N–H and O–H groups in total. The summed E-state index contributed by atoms with van der Waals surface area (Å²) in [5.41, 5.74) is 4.99. The number of fused-ring (bicyclic) bond motifs is 1. The van der Waals surface area contributed by atoms with Gasteiger partial charge in [-0.3, -0.25) is 19.3 Å². The van der Waals surface area contributed by atoms with E-state index in [1.54, 1.807) is 0 Å². The highest BCUT2D eigenvalue weighted by Crippen LogP contribution is 2.39. The summed E-state index contributed by atoms with van der Waals surface area (Å²) in [5.74, 6) is -0.934. The number of nitrogens with zero attached hydrogens (tertiary/aromatic N) is 1. The molecule has 1 aliphatic heterocycles. The number of carbonyl (C=O) groups excluding carboxylic acids is 3. The summed E-state index contributed by atoms with van der Waals surface area (Å²) in [6.45, 7) is 0.153. The summed E-state index contributed by atoms with van der Waals surface area (Å²) >= 11 is 0. The first-order valence-electron chi connectivity index (χ1n) is 5.25. The minimum absolute atomic E-state index is 0.0664. The van der Waals surface area contributed by atoms with Gasteiger partial charge in [-0.2, -0.15) is 0 Å². The van der Waals surface area contributed by atoms with Crippen molar-refractivity contribution in [1.82, 2.24) is 4.90 Å². The fourth-order valence-electron chi connectivity index (χ4n) is 2.50. The Morgan fingerprint density at radius 3 is 2.27 bits per heavy atom. The van der Waals surface area contributed by atoms with Crippen molar-refractivity contribution in [3.8, 4) is 0 Å². The van der Waals surface area contributed by atoms with Gasteiger partial charge in [0.1, 0.15) is 0 Å². The van der Waals surface area contributed by atoms with E-state index in [2.05, 4.69) is 0 Å². The molecule has 2 rings (SSSR count). The summed E-state index contributed by atoms with van der Waals surface area (Å²) < 4.78 is 0. The highest BCUT2D eigenvalue weighted by Gasteiger charge is 2.49. The van der Waals surface area contributed by atoms with Crippen molar-refractivity contribution in [2.24, 2.45) is 17.6 Å². The molecule has 0 spiro atoms. The Bertz CT molecular complexity index is 305. The maximum Gasteiger partial charge on any atom is 0.233 e. The zero-order valence-electron chi connectivity index (χ0n) is 8.44. The van der Waals surface area contributed by atoms with E-state index in [0.717, 1.165) is 19.3 Å². The van der Waals surface area contributed by atoms with Crippen molar-refractivity contribution >= 4 is 17.7 Å². The lowest BCUT2D eigenvalue weighted by Gasteiger charge is -2.14. The standard InChI is InChI=1S/C10H14N2O3/c11-8(13)4-5-12-9(14)6-2-1-3-7(6)10(12)15/h6-7H,1-5H2,(H2,11,13). The number of likely N-dealkylation sites (tertiary alicyclic amines) is 1. The molecule has 2 fully saturated rings. The lowest BCUT2D eigenvalue weighted by Crippen LogP contribution is -2.34. The second-order valence-electron chi connectivity index (χ2n) is 4.19. The molecule has 0 aromatic carbocycles. The van der Waals surface area contributed by atoms with Crippen LogP contribution in [0.4, 0.5) is 0 Å². The summed E-state index contributed by atoms with van der Waals surface area (Å²) in [6.07, 6.45) is 2.64. The van der Waals surface area contributed by atoms with Gasteiger partial charge in [-0.05, 0) is 12.8 Å². The van der Waals surface area contributed by atoms with Gasteiger partial charge in [0.05, 0.1) is 11.8 Å². The zero-order chi connectivity index (χ0) is 11.0. The molecule has 0 radical (unpaired) electrons. The Balaban J connectivity index is 2.04. The summed E-state index contributed by atoms with van der Waals surface area (Å²) in [5, 5.41) is 0. The van der Waals surface area contributed by atoms with E-state index in [1.807, 2.05) is 0 Å². The number of imide groups is 1. The largest absolute Gasteiger partial charge is 0.370 e. The lowest BCUT2D eigenvalue weighted by atomic mass is 10.00. The van der Waals surface area contributed by atoms with Gasteiger partial charge in [0, 0.05) is 13.0 Å². The topological polar surface area (TPSA) is 80.5 Å². The Kier molecular flexibility index (Phi) is 2.46. The van der Waals surface area contributed by atoms with Crippen LogP contribution in [0.25, 0.3) is 0 Å². The molecule has 0 aromatic heterocycles. The minimum atomic E-state index is -0.479. The number of primary amides is 1. The van der Waals surface area contributed by atoms with Crippen molar-refractivity contribution in [3.63, 3.8) is 0 Å². The second-order valence-corrected chi connectivity index (χ2v) is 4.19. The molecule has 0 bridgehead atoms. The van der Waals surface area contributed by atoms with E-state index in [-0.39, 0.29) is 36.6 Å². The van der Waals surface area contributed by atoms with Crippen LogP contribution in [0.3, 0.4) is 0 Å². The van der Waals surface area contributed by atoms with Crippen LogP contribution in [0.2, 0.25) is 0 Å². The second kappa shape index (κ2) is 3.64. The summed E-state index contributed by atoms with van der Waals surface area (Å²) in [6, 6.07) is 0. The molecule has 0 aromatic rings. The summed E-state index contributed by atoms with van der Waals surface area (Å²) in [7, 11) is 0. The highest BCUT2D eigenvalue weighted by molar-refractivity contribution is 6.05. The molecular weight excluding hydrogens is 196 g/mol. The highest BCUT2D eigenvalue weighted by atomic mass is 16.2. The van der Waals surface area contributed by atoms with Gasteiger partial charge in [-0.1, -0.05) is 6.42 Å². The fraction of sp³-hybridized carbons (Fsp3) is 0.700. The van der Waals surface area contributed by atoms with Gasteiger partial charge in [0.15, 0.2) is 0 Å². The van der Waals surface area contributed by atoms with Crippen molar-refractivity contribution in [1.29, 1.82) is 0 Å². The Morgan fingerprint density at radius 1 is 1.27 bits per heavy atom. The normalized spacial score (nSPS) is 29.7. The third-order valence-corrected chi connectivity index (χ3v) is 3.26. The van der Waals surface area contributed by atoms with Crippen LogP contribution in [0.1, 0.15) is 25.7 Å². The van der Waals surface area contributed by atoms with Gasteiger partial charge >= 0.3 is 0 Å². The molecule has 1 aliphatic carbocycles. The maximum absolute atomic E-state index is 11.8. The van der Waals surface area contributed by atoms with Gasteiger partial charge in [0.2, 0.25) is 17.7 Å². The number of nitrogens with two attached hydrogens (primary N) is 1. The third-order valence-electron chi connectivity index (χ3n) is 3.26. The van der Waals surface area contributed by atoms with Crippen LogP contribution in [0.5, 0.6) is 0 Å². The number of carbonyl (C=O) groups is 3. The van der Waals surface area contributed by atoms with E-state index in [9.17, 15) is 14.4 Å². The quantitative estimate of drug-likeness (QED) is 0.646. The van der Waals surface area contributed by atoms with Crippen molar-refractivity contribution < 1.29 is 14.4 Å². The van der Waals surface area contributed by atoms with Crippen molar-refractivity contribution in [2.45, 2.75) is 25.7 Å². The lowest BCUT2D eigenvalue weighted by molar-refractivity contribution is -0.140. The van der Waals surface area contributed by atoms with Crippen molar-refractivity contribution in [2.75, 3.05) is 6.54 Å². The molecule has 3 amide bonds. The molecule has 5 heteroatoms. The molecule has 1 saturated carbocycles. The van der Waals surface area contributed by atoms with E-state index in [4.69, 9.17) is 5.73 Å². The fourth-order valence-corrected chi connectivity index (χ4v) is 2.50. The zero-order valence-corrected chi connectivity index (χ0v) is 8.44. The molecule has 82 valence electrons. The molecule has 1 heterocycles. The summed E-state index contributed by atoms with van der Waals surface area (Å²) in [4.78, 5) is 35.3. The van der Waals surface area contributed by atoms with Gasteiger partial charge in [-0.25, -0.2) is 0 Å². The number of amides is 3. The number of hydrogen-bond donors (Lipinski definition) is 1. The van der Waals surface area contributed by atoms with Crippen LogP contribution in [-0.2, 0) is 14.4 Å². The molecule has 1 saturated heterocycles. The van der Waals surface area contributed by atoms with E-state index in [1.165, 1.54) is 4.90 Å². The van der Waals surface area contributed by atoms with Gasteiger partial charge in [-0.15, -0.1) is 0 Å². The molecule has 2 aliphatic rings. The van der Waals surface area contributed by atoms with Gasteiger partial charge in [0.25, 0.3) is 0 Å². The van der Waals surface area contributed by atoms with Crippen LogP contribution in [0.15, 0.2) is 0 Å². The average molecular weight is 210 g/mol. The minimum Gasteiger partial charge on any atom is -0.370 e. The SMILES string of the molecule is NC(=O)CCN1C(=O)C2CCCC2C1=O. The molecule has 2 atom stereocenters. The monoisotopic (exact) mass is 210 g/mol. The first kappa shape index (κ1) is 10.1. The van der Waals surface area contributed by atoms with E-state index < -0.39 is 5.91 Å². The van der Waals surface area contributed by atoms with Crippen LogP contribution < -0.4 is 5.73 Å². The Hall–Kier alpha value is -1.39. The first-order valence-corrected chi connectivity index (χ1v) is 5.25. The predicted octanol–water partition coefficient (Wildman–Crippen LogP) is -0.353. The molecular formula is C10H14N2O3. The predicted molar refractivity (Wildman–Crippen MR) is 51.4 cm³/mol. The Morgan fingerprint density at radius 2 is 1.80 bits per heavy atom. The third kappa shape index (κ3) is 1.62. The van der Waals surface area contributed by atoms with Crippen LogP contribution in [0, 0.1) is 11.8 Å². The number of rotatable bonds is 3. The first-order chi connectivity index (χ1) is 7.11. The Labute approximate surface area is 87.6 Å². The molecule has 5 nitrogen and oxygen atoms in total.